The number of rotatable bonds is 32. The molecule has 0 radical (unpaired) electrons. The number of pyridine rings is 1. The van der Waals surface area contributed by atoms with Gasteiger partial charge in [0.15, 0.2) is 6.20 Å². The first kappa shape index (κ1) is 50.3. The van der Waals surface area contributed by atoms with Gasteiger partial charge in [-0.3, -0.25) is 9.36 Å². The second kappa shape index (κ2) is 29.1. The van der Waals surface area contributed by atoms with Gasteiger partial charge in [0.1, 0.15) is 6.54 Å². The van der Waals surface area contributed by atoms with Gasteiger partial charge < -0.3 is 29.5 Å². The normalized spacial score (nSPS) is 14.3. The van der Waals surface area contributed by atoms with Crippen molar-refractivity contribution >= 4 is 42.2 Å². The molecule has 0 aliphatic carbocycles. The third kappa shape index (κ3) is 18.1. The van der Waals surface area contributed by atoms with Gasteiger partial charge in [0.2, 0.25) is 11.4 Å². The number of carbonyl (C=O) groups is 1. The number of aryl methyl sites for hydroxylation is 2. The van der Waals surface area contributed by atoms with Crippen molar-refractivity contribution in [3.8, 4) is 0 Å². The van der Waals surface area contributed by atoms with Crippen molar-refractivity contribution in [3.63, 3.8) is 0 Å². The highest BCUT2D eigenvalue weighted by Gasteiger charge is 2.24. The Hall–Kier alpha value is -3.33. The van der Waals surface area contributed by atoms with E-state index in [4.69, 9.17) is 9.05 Å². The molecule has 0 spiro atoms. The molecule has 1 amide bonds. The number of aromatic nitrogens is 1. The molecule has 338 valence electrons. The molecule has 3 N–H and O–H groups in total. The molecule has 0 saturated carbocycles. The van der Waals surface area contributed by atoms with E-state index in [1.165, 1.54) is 86.4 Å². The Morgan fingerprint density at radius 2 is 1.57 bits per heavy atom. The summed E-state index contributed by atoms with van der Waals surface area (Å²) in [6, 6.07) is 16.7. The molecule has 1 aromatic heterocycles. The number of nitrogens with one attached hydrogen (secondary N) is 1. The van der Waals surface area contributed by atoms with Crippen molar-refractivity contribution < 1.29 is 33.2 Å². The third-order valence-electron chi connectivity index (χ3n) is 11.8. The number of anilines is 1. The van der Waals surface area contributed by atoms with E-state index in [9.17, 15) is 19.6 Å². The minimum absolute atomic E-state index is 0.118. The Kier molecular flexibility index (Phi) is 24.0. The van der Waals surface area contributed by atoms with E-state index < -0.39 is 19.7 Å². The van der Waals surface area contributed by atoms with Crippen LogP contribution in [0.2, 0.25) is 0 Å². The summed E-state index contributed by atoms with van der Waals surface area (Å²) in [6.45, 7) is 9.13. The standard InChI is InChI=1S/C51H78N3O6P/c1-4-7-8-9-10-11-12-13-14-15-16-17-19-29-50(56)47(42-55)52-51(57)30-20-18-23-36-53-37-24-26-45-41-43(32-34-48(45)53)31-33-44-35-39-54(49-28-22-21-27-46(44)49)38-25-40-61(58,59-5-2)60-6-3/h19,21-22,27-29,31-35,39,41,47,50,55-56H,4-18,20,23-26,30,36-38,40,42H2,1-3H3/p+1. The van der Waals surface area contributed by atoms with E-state index in [1.54, 1.807) is 6.08 Å². The smallest absolute Gasteiger partial charge is 0.330 e. The maximum Gasteiger partial charge on any atom is 0.330 e. The minimum atomic E-state index is -3.07. The number of aliphatic hydroxyl groups is 2. The molecule has 1 aliphatic heterocycles. The predicted octanol–water partition coefficient (Wildman–Crippen LogP) is 11.4. The van der Waals surface area contributed by atoms with Crippen LogP contribution in [0.1, 0.15) is 153 Å². The predicted molar refractivity (Wildman–Crippen MR) is 254 cm³/mol. The van der Waals surface area contributed by atoms with Gasteiger partial charge in [0, 0.05) is 43.8 Å². The molecule has 0 fully saturated rings. The molecule has 2 aromatic carbocycles. The molecule has 9 nitrogen and oxygen atoms in total. The number of nitrogens with zero attached hydrogens (tertiary/aromatic N) is 2. The van der Waals surface area contributed by atoms with Gasteiger partial charge in [-0.25, -0.2) is 0 Å². The van der Waals surface area contributed by atoms with Crippen molar-refractivity contribution in [1.29, 1.82) is 0 Å². The first-order chi connectivity index (χ1) is 29.8. The number of carbonyl (C=O) groups excluding carboxylic acids is 1. The largest absolute Gasteiger partial charge is 0.394 e. The van der Waals surface area contributed by atoms with Gasteiger partial charge in [-0.1, -0.05) is 120 Å². The van der Waals surface area contributed by atoms with Crippen LogP contribution in [0, 0.1) is 0 Å². The Bertz CT molecular complexity index is 1800. The van der Waals surface area contributed by atoms with Gasteiger partial charge in [-0.2, -0.15) is 4.57 Å². The summed E-state index contributed by atoms with van der Waals surface area (Å²) in [5.41, 5.74) is 6.15. The number of hydrogen-bond acceptors (Lipinski definition) is 7. The first-order valence-corrected chi connectivity index (χ1v) is 25.6. The lowest BCUT2D eigenvalue weighted by Crippen LogP contribution is -2.45. The summed E-state index contributed by atoms with van der Waals surface area (Å²) in [5.74, 6) is -0.118. The van der Waals surface area contributed by atoms with Gasteiger partial charge in [-0.05, 0) is 87.3 Å². The molecule has 0 saturated heterocycles. The molecule has 4 rings (SSSR count). The molecule has 2 atom stereocenters. The summed E-state index contributed by atoms with van der Waals surface area (Å²) in [4.78, 5) is 15.2. The maximum absolute atomic E-state index is 13.0. The molecule has 61 heavy (non-hydrogen) atoms. The molecule has 2 heterocycles. The van der Waals surface area contributed by atoms with Crippen molar-refractivity contribution in [2.24, 2.45) is 0 Å². The second-order valence-corrected chi connectivity index (χ2v) is 18.9. The minimum Gasteiger partial charge on any atom is -0.394 e. The highest BCUT2D eigenvalue weighted by molar-refractivity contribution is 7.53. The molecule has 1 aliphatic rings. The van der Waals surface area contributed by atoms with Crippen LogP contribution in [0.3, 0.4) is 0 Å². The summed E-state index contributed by atoms with van der Waals surface area (Å²) < 4.78 is 26.2. The Balaban J connectivity index is 1.16. The first-order valence-electron chi connectivity index (χ1n) is 23.9. The highest BCUT2D eigenvalue weighted by atomic mass is 31.2. The van der Waals surface area contributed by atoms with E-state index in [1.807, 2.05) is 19.9 Å². The fourth-order valence-corrected chi connectivity index (χ4v) is 10.1. The molecular weight excluding hydrogens is 782 g/mol. The van der Waals surface area contributed by atoms with Crippen molar-refractivity contribution in [2.75, 3.05) is 44.0 Å². The van der Waals surface area contributed by atoms with Gasteiger partial charge in [0.25, 0.3) is 0 Å². The van der Waals surface area contributed by atoms with E-state index in [0.717, 1.165) is 75.7 Å². The number of para-hydroxylation sites is 1. The van der Waals surface area contributed by atoms with E-state index >= 15 is 0 Å². The average Bonchev–Trinajstić information content (AvgIpc) is 3.26. The quantitative estimate of drug-likeness (QED) is 0.0248. The van der Waals surface area contributed by atoms with Crippen LogP contribution in [-0.4, -0.2) is 67.3 Å². The van der Waals surface area contributed by atoms with Gasteiger partial charge in [-0.15, -0.1) is 0 Å². The number of unbranched alkanes of at least 4 members (excludes halogenated alkanes) is 13. The zero-order chi connectivity index (χ0) is 43.5. The molecule has 10 heteroatoms. The molecule has 2 unspecified atom stereocenters. The highest BCUT2D eigenvalue weighted by Crippen LogP contribution is 2.48. The third-order valence-corrected chi connectivity index (χ3v) is 14.0. The van der Waals surface area contributed by atoms with Crippen molar-refractivity contribution in [2.45, 2.75) is 161 Å². The number of hydrogen-bond donors (Lipinski definition) is 3. The zero-order valence-electron chi connectivity index (χ0n) is 37.9. The number of fused-ring (bicyclic) bond motifs is 2. The summed E-state index contributed by atoms with van der Waals surface area (Å²) in [6.07, 6.45) is 31.0. The summed E-state index contributed by atoms with van der Waals surface area (Å²) in [5, 5.41) is 24.5. The van der Waals surface area contributed by atoms with Crippen LogP contribution in [-0.2, 0) is 31.4 Å². The Morgan fingerprint density at radius 3 is 2.30 bits per heavy atom. The van der Waals surface area contributed by atoms with Crippen LogP contribution in [0.5, 0.6) is 0 Å². The number of aliphatic hydroxyl groups excluding tert-OH is 2. The lowest BCUT2D eigenvalue weighted by molar-refractivity contribution is -0.671. The zero-order valence-corrected chi connectivity index (χ0v) is 38.8. The lowest BCUT2D eigenvalue weighted by atomic mass is 9.98. The Labute approximate surface area is 368 Å². The SMILES string of the molecule is CCCCCCCCCCCCCC=CC(O)C(CO)NC(=O)CCCCCN1CCCc2cc(C=Cc3cc[n+](CCCP(=O)(OCC)OCC)c4ccccc34)ccc21. The molecular formula is C51H79N3O6P+. The molecule has 0 bridgehead atoms. The van der Waals surface area contributed by atoms with Crippen molar-refractivity contribution in [3.05, 3.63) is 83.6 Å². The van der Waals surface area contributed by atoms with Crippen LogP contribution in [0.15, 0.2) is 66.9 Å². The number of allylic oxidation sites excluding steroid dienone is 1. The van der Waals surface area contributed by atoms with E-state index in [0.29, 0.717) is 32.2 Å². The van der Waals surface area contributed by atoms with Crippen molar-refractivity contribution in [1.82, 2.24) is 5.32 Å². The number of amides is 1. The summed E-state index contributed by atoms with van der Waals surface area (Å²) in [7, 11) is -3.07. The Morgan fingerprint density at radius 1 is 0.869 bits per heavy atom. The van der Waals surface area contributed by atoms with Crippen LogP contribution < -0.4 is 14.8 Å². The van der Waals surface area contributed by atoms with E-state index in [-0.39, 0.29) is 12.5 Å². The fraction of sp³-hybridized carbons (Fsp3) is 0.608. The van der Waals surface area contributed by atoms with Gasteiger partial charge >= 0.3 is 7.60 Å². The number of benzene rings is 2. The van der Waals surface area contributed by atoms with Crippen LogP contribution in [0.25, 0.3) is 23.1 Å². The van der Waals surface area contributed by atoms with E-state index in [2.05, 4.69) is 88.6 Å². The average molecular weight is 861 g/mol. The van der Waals surface area contributed by atoms with Gasteiger partial charge in [0.05, 0.1) is 43.5 Å². The second-order valence-electron chi connectivity index (χ2n) is 16.7. The summed E-state index contributed by atoms with van der Waals surface area (Å²) >= 11 is 0. The maximum atomic E-state index is 13.0. The molecule has 3 aromatic rings. The topological polar surface area (TPSA) is 112 Å². The monoisotopic (exact) mass is 861 g/mol. The fourth-order valence-electron chi connectivity index (χ4n) is 8.44. The lowest BCUT2D eigenvalue weighted by Gasteiger charge is -2.31. The van der Waals surface area contributed by atoms with Crippen LogP contribution >= 0.6 is 7.60 Å². The van der Waals surface area contributed by atoms with Crippen LogP contribution in [0.4, 0.5) is 5.69 Å².